The summed E-state index contributed by atoms with van der Waals surface area (Å²) in [4.78, 5) is 0. The van der Waals surface area contributed by atoms with Crippen LogP contribution in [0.25, 0.3) is 0 Å². The number of halogens is 1. The van der Waals surface area contributed by atoms with Crippen molar-refractivity contribution in [2.24, 2.45) is 0 Å². The highest BCUT2D eigenvalue weighted by Crippen LogP contribution is 2.34. The summed E-state index contributed by atoms with van der Waals surface area (Å²) in [6.45, 7) is 2.70. The Bertz CT molecular complexity index is 617. The van der Waals surface area contributed by atoms with Crippen molar-refractivity contribution in [1.82, 2.24) is 0 Å². The van der Waals surface area contributed by atoms with Gasteiger partial charge in [0.05, 0.1) is 30.1 Å². The van der Waals surface area contributed by atoms with Gasteiger partial charge in [0, 0.05) is 11.8 Å². The molecule has 0 saturated carbocycles. The van der Waals surface area contributed by atoms with Gasteiger partial charge in [-0.2, -0.15) is 0 Å². The highest BCUT2D eigenvalue weighted by atomic mass is 35.5. The lowest BCUT2D eigenvalue weighted by atomic mass is 10.2. The molecular weight excluding hydrogens is 288 g/mol. The van der Waals surface area contributed by atoms with Gasteiger partial charge < -0.3 is 20.5 Å². The maximum absolute atomic E-state index is 6.13. The molecule has 0 unspecified atom stereocenters. The van der Waals surface area contributed by atoms with Crippen molar-refractivity contribution in [1.29, 1.82) is 0 Å². The van der Waals surface area contributed by atoms with Crippen molar-refractivity contribution in [3.63, 3.8) is 0 Å². The molecule has 5 heteroatoms. The van der Waals surface area contributed by atoms with Gasteiger partial charge in [0.15, 0.2) is 0 Å². The number of hydrogen-bond acceptors (Lipinski definition) is 4. The smallest absolute Gasteiger partial charge is 0.144 e. The highest BCUT2D eigenvalue weighted by Gasteiger charge is 2.08. The average Bonchev–Trinajstić information content (AvgIpc) is 2.50. The first-order valence-corrected chi connectivity index (χ1v) is 7.15. The van der Waals surface area contributed by atoms with E-state index < -0.39 is 0 Å². The van der Waals surface area contributed by atoms with E-state index in [1.807, 2.05) is 30.3 Å². The van der Waals surface area contributed by atoms with Crippen molar-refractivity contribution < 1.29 is 9.47 Å². The standard InChI is InChI=1S/C16H19ClN2O2/c1-3-9-21-14-6-4-5-13(16(14)18)19-11-7-8-12(17)15(10-11)20-2/h4-8,10,19H,3,9,18H2,1-2H3. The summed E-state index contributed by atoms with van der Waals surface area (Å²) in [5, 5.41) is 3.81. The zero-order valence-corrected chi connectivity index (χ0v) is 12.9. The number of anilines is 3. The first kappa shape index (κ1) is 15.3. The second-order valence-electron chi connectivity index (χ2n) is 4.54. The van der Waals surface area contributed by atoms with Crippen molar-refractivity contribution in [3.8, 4) is 11.5 Å². The molecule has 0 atom stereocenters. The highest BCUT2D eigenvalue weighted by molar-refractivity contribution is 6.32. The van der Waals surface area contributed by atoms with Gasteiger partial charge in [-0.3, -0.25) is 0 Å². The fraction of sp³-hybridized carbons (Fsp3) is 0.250. The molecule has 2 aromatic carbocycles. The van der Waals surface area contributed by atoms with Crippen LogP contribution < -0.4 is 20.5 Å². The third-order valence-corrected chi connectivity index (χ3v) is 3.27. The minimum atomic E-state index is 0.566. The Labute approximate surface area is 129 Å². The molecule has 0 bridgehead atoms. The van der Waals surface area contributed by atoms with E-state index in [1.165, 1.54) is 0 Å². The van der Waals surface area contributed by atoms with Gasteiger partial charge in [0.2, 0.25) is 0 Å². The van der Waals surface area contributed by atoms with Gasteiger partial charge in [0.1, 0.15) is 11.5 Å². The molecule has 3 N–H and O–H groups in total. The first-order valence-electron chi connectivity index (χ1n) is 6.77. The minimum Gasteiger partial charge on any atom is -0.495 e. The molecular formula is C16H19ClN2O2. The maximum atomic E-state index is 6.13. The Morgan fingerprint density at radius 2 is 2.00 bits per heavy atom. The SMILES string of the molecule is CCCOc1cccc(Nc2ccc(Cl)c(OC)c2)c1N. The fourth-order valence-corrected chi connectivity index (χ4v) is 2.08. The van der Waals surface area contributed by atoms with E-state index in [-0.39, 0.29) is 0 Å². The molecule has 0 radical (unpaired) electrons. The Morgan fingerprint density at radius 3 is 2.71 bits per heavy atom. The van der Waals surface area contributed by atoms with E-state index in [4.69, 9.17) is 26.8 Å². The number of hydrogen-bond donors (Lipinski definition) is 2. The van der Waals surface area contributed by atoms with E-state index in [1.54, 1.807) is 13.2 Å². The monoisotopic (exact) mass is 306 g/mol. The van der Waals surface area contributed by atoms with Crippen LogP contribution in [0, 0.1) is 0 Å². The fourth-order valence-electron chi connectivity index (χ4n) is 1.88. The number of rotatable bonds is 6. The van der Waals surface area contributed by atoms with Gasteiger partial charge in [-0.15, -0.1) is 0 Å². The number of nitrogens with one attached hydrogen (secondary N) is 1. The summed E-state index contributed by atoms with van der Waals surface area (Å²) in [5.74, 6) is 1.29. The Kier molecular flexibility index (Phi) is 5.17. The van der Waals surface area contributed by atoms with Crippen molar-refractivity contribution in [3.05, 3.63) is 41.4 Å². The van der Waals surface area contributed by atoms with Crippen LogP contribution >= 0.6 is 11.6 Å². The zero-order valence-electron chi connectivity index (χ0n) is 12.2. The summed E-state index contributed by atoms with van der Waals surface area (Å²) < 4.78 is 10.8. The number of ether oxygens (including phenoxy) is 2. The molecule has 0 spiro atoms. The third kappa shape index (κ3) is 3.73. The zero-order chi connectivity index (χ0) is 15.2. The molecule has 112 valence electrons. The minimum absolute atomic E-state index is 0.566. The summed E-state index contributed by atoms with van der Waals surface area (Å²) in [7, 11) is 1.58. The van der Waals surface area contributed by atoms with Crippen LogP contribution in [0.2, 0.25) is 5.02 Å². The van der Waals surface area contributed by atoms with E-state index in [2.05, 4.69) is 12.2 Å². The van der Waals surface area contributed by atoms with Crippen LogP contribution in [0.4, 0.5) is 17.1 Å². The lowest BCUT2D eigenvalue weighted by molar-refractivity contribution is 0.319. The second kappa shape index (κ2) is 7.09. The van der Waals surface area contributed by atoms with Crippen LogP contribution in [0.15, 0.2) is 36.4 Å². The predicted octanol–water partition coefficient (Wildman–Crippen LogP) is 4.46. The van der Waals surface area contributed by atoms with Crippen molar-refractivity contribution in [2.75, 3.05) is 24.8 Å². The van der Waals surface area contributed by atoms with E-state index >= 15 is 0 Å². The molecule has 0 aliphatic carbocycles. The summed E-state index contributed by atoms with van der Waals surface area (Å²) in [6, 6.07) is 11.1. The van der Waals surface area contributed by atoms with Gasteiger partial charge in [-0.25, -0.2) is 0 Å². The van der Waals surface area contributed by atoms with Gasteiger partial charge in [-0.1, -0.05) is 24.6 Å². The van der Waals surface area contributed by atoms with Crippen LogP contribution in [0.1, 0.15) is 13.3 Å². The van der Waals surface area contributed by atoms with Crippen LogP contribution in [0.5, 0.6) is 11.5 Å². The normalized spacial score (nSPS) is 10.2. The largest absolute Gasteiger partial charge is 0.495 e. The first-order chi connectivity index (χ1) is 10.2. The maximum Gasteiger partial charge on any atom is 0.144 e. The summed E-state index contributed by atoms with van der Waals surface area (Å²) in [6.07, 6.45) is 0.936. The van der Waals surface area contributed by atoms with Gasteiger partial charge >= 0.3 is 0 Å². The molecule has 0 aliphatic heterocycles. The number of benzene rings is 2. The summed E-state index contributed by atoms with van der Waals surface area (Å²) in [5.41, 5.74) is 8.34. The van der Waals surface area contributed by atoms with Crippen molar-refractivity contribution in [2.45, 2.75) is 13.3 Å². The lowest BCUT2D eigenvalue weighted by Gasteiger charge is -2.14. The molecule has 2 rings (SSSR count). The molecule has 0 fully saturated rings. The Hall–Kier alpha value is -2.07. The second-order valence-corrected chi connectivity index (χ2v) is 4.95. The number of para-hydroxylation sites is 1. The number of nitrogens with two attached hydrogens (primary N) is 1. The van der Waals surface area contributed by atoms with Crippen LogP contribution in [-0.4, -0.2) is 13.7 Å². The molecule has 4 nitrogen and oxygen atoms in total. The predicted molar refractivity (Wildman–Crippen MR) is 87.9 cm³/mol. The molecule has 0 aliphatic rings. The molecule has 21 heavy (non-hydrogen) atoms. The Morgan fingerprint density at radius 1 is 1.19 bits per heavy atom. The van der Waals surface area contributed by atoms with Crippen LogP contribution in [-0.2, 0) is 0 Å². The lowest BCUT2D eigenvalue weighted by Crippen LogP contribution is -2.02. The number of nitrogen functional groups attached to an aromatic ring is 1. The Balaban J connectivity index is 2.23. The molecule has 0 aromatic heterocycles. The van der Waals surface area contributed by atoms with Gasteiger partial charge in [-0.05, 0) is 30.7 Å². The number of methoxy groups -OCH3 is 1. The quantitative estimate of drug-likeness (QED) is 0.773. The van der Waals surface area contributed by atoms with E-state index in [0.29, 0.717) is 28.8 Å². The molecule has 0 amide bonds. The topological polar surface area (TPSA) is 56.5 Å². The molecule has 2 aromatic rings. The third-order valence-electron chi connectivity index (χ3n) is 2.96. The average molecular weight is 307 g/mol. The van der Waals surface area contributed by atoms with Gasteiger partial charge in [0.25, 0.3) is 0 Å². The molecule has 0 heterocycles. The summed E-state index contributed by atoms with van der Waals surface area (Å²) >= 11 is 6.02. The molecule has 0 saturated heterocycles. The van der Waals surface area contributed by atoms with Crippen LogP contribution in [0.3, 0.4) is 0 Å². The van der Waals surface area contributed by atoms with E-state index in [0.717, 1.165) is 17.8 Å². The van der Waals surface area contributed by atoms with Crippen molar-refractivity contribution >= 4 is 28.7 Å². The van der Waals surface area contributed by atoms with E-state index in [9.17, 15) is 0 Å².